The highest BCUT2D eigenvalue weighted by atomic mass is 35.5. The molecule has 0 aromatic carbocycles. The number of carbonyl (C=O) groups excluding carboxylic acids is 1. The molecular formula is C14H26Cl2N4OS. The quantitative estimate of drug-likeness (QED) is 0.643. The predicted octanol–water partition coefficient (Wildman–Crippen LogP) is 2.23. The Morgan fingerprint density at radius 3 is 2.59 bits per heavy atom. The molecule has 1 amide bonds. The molecule has 8 heteroatoms. The minimum absolute atomic E-state index is 0. The lowest BCUT2D eigenvalue weighted by Gasteiger charge is -2.28. The van der Waals surface area contributed by atoms with E-state index in [1.54, 1.807) is 24.2 Å². The average Bonchev–Trinajstić information content (AvgIpc) is 2.44. The van der Waals surface area contributed by atoms with Gasteiger partial charge < -0.3 is 16.4 Å². The van der Waals surface area contributed by atoms with Gasteiger partial charge in [-0.25, -0.2) is 0 Å². The third-order valence-corrected chi connectivity index (χ3v) is 4.62. The molecule has 0 radical (unpaired) electrons. The van der Waals surface area contributed by atoms with Gasteiger partial charge in [0.1, 0.15) is 0 Å². The smallest absolute Gasteiger partial charge is 0.238 e. The first-order valence-corrected chi connectivity index (χ1v) is 7.84. The van der Waals surface area contributed by atoms with Crippen LogP contribution in [0, 0.1) is 6.92 Å². The van der Waals surface area contributed by atoms with E-state index in [1.165, 1.54) is 0 Å². The Balaban J connectivity index is 0. The first-order chi connectivity index (χ1) is 9.38. The number of hydrogen-bond donors (Lipinski definition) is 3. The van der Waals surface area contributed by atoms with Crippen molar-refractivity contribution < 1.29 is 4.79 Å². The highest BCUT2D eigenvalue weighted by Crippen LogP contribution is 2.24. The molecule has 0 fully saturated rings. The summed E-state index contributed by atoms with van der Waals surface area (Å²) in [5.41, 5.74) is 8.07. The molecule has 1 heterocycles. The molecule has 0 aliphatic carbocycles. The van der Waals surface area contributed by atoms with Crippen molar-refractivity contribution in [3.05, 3.63) is 24.0 Å². The molecule has 0 spiro atoms. The molecule has 0 aliphatic rings. The standard InChI is InChI=1S/C14H24N4OS.2ClH/c1-10-9-16-6-5-11(10)17-7-8-18-13(19)12(15)14(2,3)20-4;;/h5-6,9,12H,7-8,15H2,1-4H3,(H,16,17)(H,18,19);2*1H/t12-;;/m1../s1. The Labute approximate surface area is 149 Å². The zero-order chi connectivity index (χ0) is 15.2. The number of rotatable bonds is 7. The summed E-state index contributed by atoms with van der Waals surface area (Å²) < 4.78 is -0.265. The Kier molecular flexibility index (Phi) is 11.7. The van der Waals surface area contributed by atoms with Gasteiger partial charge in [-0.15, -0.1) is 24.8 Å². The summed E-state index contributed by atoms with van der Waals surface area (Å²) in [6, 6.07) is 1.40. The fraction of sp³-hybridized carbons (Fsp3) is 0.571. The topological polar surface area (TPSA) is 80.0 Å². The maximum atomic E-state index is 11.9. The Morgan fingerprint density at radius 1 is 1.41 bits per heavy atom. The van der Waals surface area contributed by atoms with Crippen LogP contribution in [0.2, 0.25) is 0 Å². The van der Waals surface area contributed by atoms with Crippen LogP contribution in [-0.2, 0) is 4.79 Å². The SMILES string of the molecule is CSC(C)(C)[C@H](N)C(=O)NCCNc1ccncc1C.Cl.Cl. The maximum Gasteiger partial charge on any atom is 0.238 e. The molecule has 0 saturated heterocycles. The van der Waals surface area contributed by atoms with E-state index in [0.29, 0.717) is 13.1 Å². The summed E-state index contributed by atoms with van der Waals surface area (Å²) in [6.45, 7) is 7.13. The Morgan fingerprint density at radius 2 is 2.05 bits per heavy atom. The van der Waals surface area contributed by atoms with Gasteiger partial charge in [-0.3, -0.25) is 9.78 Å². The van der Waals surface area contributed by atoms with Gasteiger partial charge in [-0.1, -0.05) is 0 Å². The molecule has 1 atom stereocenters. The fourth-order valence-electron chi connectivity index (χ4n) is 1.61. The molecule has 0 bridgehead atoms. The molecular weight excluding hydrogens is 343 g/mol. The first kappa shape index (κ1) is 23.6. The summed E-state index contributed by atoms with van der Waals surface area (Å²) in [4.78, 5) is 16.0. The number of amides is 1. The van der Waals surface area contributed by atoms with E-state index >= 15 is 0 Å². The van der Waals surface area contributed by atoms with Crippen LogP contribution < -0.4 is 16.4 Å². The normalized spacial score (nSPS) is 11.7. The van der Waals surface area contributed by atoms with Crippen LogP contribution in [0.25, 0.3) is 0 Å². The van der Waals surface area contributed by atoms with Crippen molar-refractivity contribution in [1.82, 2.24) is 10.3 Å². The number of aromatic nitrogens is 1. The van der Waals surface area contributed by atoms with E-state index in [0.717, 1.165) is 11.3 Å². The highest BCUT2D eigenvalue weighted by Gasteiger charge is 2.30. The minimum atomic E-state index is -0.514. The van der Waals surface area contributed by atoms with Crippen LogP contribution in [0.4, 0.5) is 5.69 Å². The number of nitrogens with zero attached hydrogens (tertiary/aromatic N) is 1. The second-order valence-corrected chi connectivity index (χ2v) is 6.65. The van der Waals surface area contributed by atoms with Crippen molar-refractivity contribution >= 4 is 48.2 Å². The average molecular weight is 369 g/mol. The zero-order valence-electron chi connectivity index (χ0n) is 13.4. The van der Waals surface area contributed by atoms with Crippen LogP contribution in [-0.4, -0.2) is 41.0 Å². The van der Waals surface area contributed by atoms with Crippen molar-refractivity contribution in [3.8, 4) is 0 Å². The third-order valence-electron chi connectivity index (χ3n) is 3.32. The van der Waals surface area contributed by atoms with Gasteiger partial charge in [0.05, 0.1) is 6.04 Å². The number of thioether (sulfide) groups is 1. The number of aryl methyl sites for hydroxylation is 1. The van der Waals surface area contributed by atoms with E-state index in [1.807, 2.05) is 33.1 Å². The van der Waals surface area contributed by atoms with E-state index in [2.05, 4.69) is 15.6 Å². The lowest BCUT2D eigenvalue weighted by molar-refractivity contribution is -0.122. The van der Waals surface area contributed by atoms with E-state index in [4.69, 9.17) is 5.73 Å². The summed E-state index contributed by atoms with van der Waals surface area (Å²) in [6.07, 6.45) is 5.50. The molecule has 1 rings (SSSR count). The van der Waals surface area contributed by atoms with Crippen LogP contribution in [0.3, 0.4) is 0 Å². The molecule has 0 aliphatic heterocycles. The van der Waals surface area contributed by atoms with Gasteiger partial charge in [0.15, 0.2) is 0 Å². The molecule has 5 nitrogen and oxygen atoms in total. The van der Waals surface area contributed by atoms with Crippen molar-refractivity contribution in [1.29, 1.82) is 0 Å². The number of anilines is 1. The van der Waals surface area contributed by atoms with Crippen LogP contribution in [0.5, 0.6) is 0 Å². The van der Waals surface area contributed by atoms with Crippen molar-refractivity contribution in [2.45, 2.75) is 31.6 Å². The second-order valence-electron chi connectivity index (χ2n) is 5.19. The van der Waals surface area contributed by atoms with E-state index in [9.17, 15) is 4.79 Å². The number of hydrogen-bond acceptors (Lipinski definition) is 5. The largest absolute Gasteiger partial charge is 0.383 e. The molecule has 0 unspecified atom stereocenters. The van der Waals surface area contributed by atoms with E-state index in [-0.39, 0.29) is 35.5 Å². The second kappa shape index (κ2) is 10.9. The summed E-state index contributed by atoms with van der Waals surface area (Å²) in [5.74, 6) is -0.113. The molecule has 1 aromatic rings. The number of nitrogens with one attached hydrogen (secondary N) is 2. The molecule has 4 N–H and O–H groups in total. The lowest BCUT2D eigenvalue weighted by atomic mass is 10.0. The highest BCUT2D eigenvalue weighted by molar-refractivity contribution is 8.00. The van der Waals surface area contributed by atoms with Crippen molar-refractivity contribution in [3.63, 3.8) is 0 Å². The van der Waals surface area contributed by atoms with Crippen LogP contribution >= 0.6 is 36.6 Å². The van der Waals surface area contributed by atoms with Gasteiger partial charge in [-0.05, 0) is 38.7 Å². The Hall–Kier alpha value is -0.690. The zero-order valence-corrected chi connectivity index (χ0v) is 15.8. The van der Waals surface area contributed by atoms with Gasteiger partial charge >= 0.3 is 0 Å². The number of nitrogens with two attached hydrogens (primary N) is 1. The minimum Gasteiger partial charge on any atom is -0.383 e. The number of pyridine rings is 1. The van der Waals surface area contributed by atoms with Gasteiger partial charge in [0.2, 0.25) is 5.91 Å². The number of carbonyl (C=O) groups is 1. The first-order valence-electron chi connectivity index (χ1n) is 6.61. The maximum absolute atomic E-state index is 11.9. The monoisotopic (exact) mass is 368 g/mol. The molecule has 1 aromatic heterocycles. The molecule has 22 heavy (non-hydrogen) atoms. The lowest BCUT2D eigenvalue weighted by Crippen LogP contribution is -2.52. The summed E-state index contributed by atoms with van der Waals surface area (Å²) in [7, 11) is 0. The van der Waals surface area contributed by atoms with Gasteiger partial charge in [-0.2, -0.15) is 11.8 Å². The summed E-state index contributed by atoms with van der Waals surface area (Å²) >= 11 is 1.59. The van der Waals surface area contributed by atoms with Crippen molar-refractivity contribution in [2.24, 2.45) is 5.73 Å². The predicted molar refractivity (Wildman–Crippen MR) is 101 cm³/mol. The fourth-order valence-corrected chi connectivity index (χ4v) is 1.97. The molecule has 0 saturated carbocycles. The summed E-state index contributed by atoms with van der Waals surface area (Å²) in [5, 5.41) is 6.12. The Bertz CT molecular complexity index is 460. The van der Waals surface area contributed by atoms with Crippen LogP contribution in [0.15, 0.2) is 18.5 Å². The van der Waals surface area contributed by atoms with Crippen LogP contribution in [0.1, 0.15) is 19.4 Å². The third kappa shape index (κ3) is 7.05. The van der Waals surface area contributed by atoms with Gasteiger partial charge in [0.25, 0.3) is 0 Å². The van der Waals surface area contributed by atoms with Crippen molar-refractivity contribution in [2.75, 3.05) is 24.7 Å². The van der Waals surface area contributed by atoms with Gasteiger partial charge in [0, 0.05) is 35.9 Å². The number of halogens is 2. The van der Waals surface area contributed by atoms with E-state index < -0.39 is 6.04 Å². The molecule has 128 valence electrons.